The lowest BCUT2D eigenvalue weighted by molar-refractivity contribution is 0.0953. The Bertz CT molecular complexity index is 1420. The number of rotatable bonds is 7. The van der Waals surface area contributed by atoms with Crippen LogP contribution in [0, 0.1) is 0 Å². The predicted octanol–water partition coefficient (Wildman–Crippen LogP) is 5.60. The van der Waals surface area contributed by atoms with Crippen molar-refractivity contribution in [1.82, 2.24) is 29.9 Å². The molecule has 1 saturated heterocycles. The van der Waals surface area contributed by atoms with Crippen LogP contribution in [0.3, 0.4) is 0 Å². The third-order valence-corrected chi connectivity index (χ3v) is 7.06. The molecule has 6 rings (SSSR count). The number of nitrogens with one attached hydrogen (secondary N) is 1. The number of nitrogens with zero attached hydrogens (tertiary/aromatic N) is 5. The molecule has 5 aromatic rings. The molecule has 1 aliphatic heterocycles. The smallest absolute Gasteiger partial charge is 0.237 e. The second-order valence-electron chi connectivity index (χ2n) is 8.11. The lowest BCUT2D eigenvalue weighted by atomic mass is 10.1. The van der Waals surface area contributed by atoms with Crippen LogP contribution in [0.1, 0.15) is 18.7 Å². The summed E-state index contributed by atoms with van der Waals surface area (Å²) in [6, 6.07) is 15.6. The summed E-state index contributed by atoms with van der Waals surface area (Å²) in [6.07, 6.45) is 4.25. The molecule has 4 heterocycles. The molecule has 0 aliphatic carbocycles. The van der Waals surface area contributed by atoms with Gasteiger partial charge in [-0.2, -0.15) is 4.98 Å². The monoisotopic (exact) mass is 492 g/mol. The summed E-state index contributed by atoms with van der Waals surface area (Å²) in [5, 5.41) is 15.8. The summed E-state index contributed by atoms with van der Waals surface area (Å²) < 4.78 is 13.5. The summed E-state index contributed by atoms with van der Waals surface area (Å²) in [5.41, 5.74) is 2.95. The number of para-hydroxylation sites is 1. The van der Waals surface area contributed by atoms with E-state index in [2.05, 4.69) is 42.0 Å². The highest BCUT2D eigenvalue weighted by molar-refractivity contribution is 7.98. The van der Waals surface area contributed by atoms with Crippen molar-refractivity contribution < 1.29 is 9.26 Å². The molecule has 1 N–H and O–H groups in total. The van der Waals surface area contributed by atoms with Crippen LogP contribution in [-0.2, 0) is 17.0 Å². The van der Waals surface area contributed by atoms with Crippen molar-refractivity contribution in [2.75, 3.05) is 6.61 Å². The van der Waals surface area contributed by atoms with Crippen molar-refractivity contribution in [3.05, 3.63) is 65.6 Å². The van der Waals surface area contributed by atoms with Crippen LogP contribution in [-0.4, -0.2) is 42.6 Å². The maximum Gasteiger partial charge on any atom is 0.237 e. The van der Waals surface area contributed by atoms with Crippen LogP contribution in [0.4, 0.5) is 0 Å². The van der Waals surface area contributed by atoms with Gasteiger partial charge in [-0.25, -0.2) is 0 Å². The molecule has 0 saturated carbocycles. The number of ether oxygens (including phenoxy) is 1. The van der Waals surface area contributed by atoms with Crippen molar-refractivity contribution in [3.8, 4) is 22.8 Å². The Hall–Kier alpha value is -3.14. The van der Waals surface area contributed by atoms with Gasteiger partial charge in [-0.05, 0) is 43.2 Å². The van der Waals surface area contributed by atoms with Crippen LogP contribution >= 0.6 is 23.4 Å². The molecule has 1 atom stereocenters. The van der Waals surface area contributed by atoms with Gasteiger partial charge in [0, 0.05) is 39.9 Å². The third-order valence-electron chi connectivity index (χ3n) is 5.85. The maximum absolute atomic E-state index is 5.97. The first-order valence-corrected chi connectivity index (χ1v) is 12.4. The van der Waals surface area contributed by atoms with Gasteiger partial charge >= 0.3 is 0 Å². The Morgan fingerprint density at radius 3 is 2.85 bits per heavy atom. The summed E-state index contributed by atoms with van der Waals surface area (Å²) in [6.45, 7) is 1.50. The first kappa shape index (κ1) is 21.4. The number of hydrogen-bond donors (Lipinski definition) is 1. The largest absolute Gasteiger partial charge is 0.376 e. The van der Waals surface area contributed by atoms with E-state index in [9.17, 15) is 0 Å². The average Bonchev–Trinajstić information content (AvgIpc) is 3.66. The molecule has 8 nitrogen and oxygen atoms in total. The highest BCUT2D eigenvalue weighted by atomic mass is 35.5. The van der Waals surface area contributed by atoms with Crippen molar-refractivity contribution in [2.24, 2.45) is 0 Å². The fraction of sp³-hybridized carbons (Fsp3) is 0.250. The Balaban J connectivity index is 1.27. The Morgan fingerprint density at radius 1 is 1.12 bits per heavy atom. The topological polar surface area (TPSA) is 94.7 Å². The Morgan fingerprint density at radius 2 is 2.00 bits per heavy atom. The fourth-order valence-corrected chi connectivity index (χ4v) is 5.08. The minimum atomic E-state index is 0.152. The van der Waals surface area contributed by atoms with Gasteiger partial charge in [-0.1, -0.05) is 46.7 Å². The molecule has 1 fully saturated rings. The van der Waals surface area contributed by atoms with Crippen molar-refractivity contribution in [3.63, 3.8) is 0 Å². The van der Waals surface area contributed by atoms with Gasteiger partial charge < -0.3 is 14.2 Å². The molecule has 0 radical (unpaired) electrons. The number of aromatic nitrogens is 6. The number of H-pyrrole nitrogens is 1. The molecule has 0 spiro atoms. The van der Waals surface area contributed by atoms with Crippen LogP contribution in [0.5, 0.6) is 0 Å². The van der Waals surface area contributed by atoms with E-state index in [4.69, 9.17) is 20.9 Å². The van der Waals surface area contributed by atoms with Gasteiger partial charge in [0.25, 0.3) is 0 Å². The molecular formula is C24H21ClN6O2S. The SMILES string of the molecule is Clc1ccc(-c2noc(CSc3nnc(-c4c[nH]c5ccccc45)n3CC3CCCO3)n2)cc1. The van der Waals surface area contributed by atoms with Crippen molar-refractivity contribution in [1.29, 1.82) is 0 Å². The lowest BCUT2D eigenvalue weighted by Gasteiger charge is -2.14. The zero-order valence-electron chi connectivity index (χ0n) is 18.1. The summed E-state index contributed by atoms with van der Waals surface area (Å²) in [7, 11) is 0. The van der Waals surface area contributed by atoms with Gasteiger partial charge in [0.05, 0.1) is 18.4 Å². The average molecular weight is 493 g/mol. The highest BCUT2D eigenvalue weighted by Gasteiger charge is 2.23. The van der Waals surface area contributed by atoms with Crippen molar-refractivity contribution in [2.45, 2.75) is 36.4 Å². The summed E-state index contributed by atoms with van der Waals surface area (Å²) in [5.74, 6) is 2.36. The van der Waals surface area contributed by atoms with Crippen molar-refractivity contribution >= 4 is 34.3 Å². The van der Waals surface area contributed by atoms with Gasteiger partial charge in [0.1, 0.15) is 0 Å². The van der Waals surface area contributed by atoms with Gasteiger partial charge in [0.15, 0.2) is 11.0 Å². The lowest BCUT2D eigenvalue weighted by Crippen LogP contribution is -2.16. The van der Waals surface area contributed by atoms with Gasteiger partial charge in [-0.3, -0.25) is 4.57 Å². The van der Waals surface area contributed by atoms with Crippen LogP contribution in [0.25, 0.3) is 33.7 Å². The first-order chi connectivity index (χ1) is 16.7. The molecule has 0 amide bonds. The summed E-state index contributed by atoms with van der Waals surface area (Å²) in [4.78, 5) is 7.86. The predicted molar refractivity (Wildman–Crippen MR) is 131 cm³/mol. The van der Waals surface area contributed by atoms with Crippen LogP contribution < -0.4 is 0 Å². The molecule has 10 heteroatoms. The molecule has 3 aromatic heterocycles. The normalized spacial score (nSPS) is 16.0. The standard InChI is InChI=1S/C24H21ClN6O2S/c25-16-9-7-15(8-10-16)22-27-21(33-30-22)14-34-24-29-28-23(31(24)13-17-4-3-11-32-17)19-12-26-20-6-2-1-5-18(19)20/h1-2,5-10,12,17,26H,3-4,11,13-14H2. The molecule has 0 bridgehead atoms. The van der Waals surface area contributed by atoms with E-state index in [1.165, 1.54) is 11.8 Å². The molecular weight excluding hydrogens is 472 g/mol. The van der Waals surface area contributed by atoms with E-state index in [0.717, 1.165) is 52.5 Å². The fourth-order valence-electron chi connectivity index (χ4n) is 4.16. The molecule has 172 valence electrons. The van der Waals surface area contributed by atoms with E-state index in [1.807, 2.05) is 42.6 Å². The number of fused-ring (bicyclic) bond motifs is 1. The number of aromatic amines is 1. The molecule has 34 heavy (non-hydrogen) atoms. The zero-order valence-corrected chi connectivity index (χ0v) is 19.7. The van der Waals surface area contributed by atoms with E-state index < -0.39 is 0 Å². The summed E-state index contributed by atoms with van der Waals surface area (Å²) >= 11 is 7.50. The quantitative estimate of drug-likeness (QED) is 0.295. The first-order valence-electron chi connectivity index (χ1n) is 11.1. The maximum atomic E-state index is 5.97. The van der Waals surface area contributed by atoms with E-state index in [1.54, 1.807) is 0 Å². The molecule has 1 unspecified atom stereocenters. The molecule has 2 aromatic carbocycles. The highest BCUT2D eigenvalue weighted by Crippen LogP contribution is 2.32. The number of hydrogen-bond acceptors (Lipinski definition) is 7. The number of halogens is 1. The second kappa shape index (κ2) is 9.25. The number of benzene rings is 2. The zero-order chi connectivity index (χ0) is 22.9. The van der Waals surface area contributed by atoms with E-state index in [-0.39, 0.29) is 6.10 Å². The minimum absolute atomic E-state index is 0.152. The number of thioether (sulfide) groups is 1. The van der Waals surface area contributed by atoms with Gasteiger partial charge in [-0.15, -0.1) is 10.2 Å². The third kappa shape index (κ3) is 4.22. The van der Waals surface area contributed by atoms with Gasteiger partial charge in [0.2, 0.25) is 11.7 Å². The van der Waals surface area contributed by atoms with E-state index >= 15 is 0 Å². The minimum Gasteiger partial charge on any atom is -0.376 e. The Labute approximate surface area is 204 Å². The van der Waals surface area contributed by atoms with Crippen LogP contribution in [0.2, 0.25) is 5.02 Å². The van der Waals surface area contributed by atoms with E-state index in [0.29, 0.717) is 29.0 Å². The second-order valence-corrected chi connectivity index (χ2v) is 9.49. The molecule has 1 aliphatic rings. The van der Waals surface area contributed by atoms with Crippen LogP contribution in [0.15, 0.2) is 64.4 Å². The Kier molecular flexibility index (Phi) is 5.82.